The summed E-state index contributed by atoms with van der Waals surface area (Å²) in [6, 6.07) is 3.34. The third-order valence-corrected chi connectivity index (χ3v) is 5.86. The SMILES string of the molecule is COc1ccc(CN[C@H](CO)C(=O)N2CCC[C@H]3CCCC[C@@H]32)c(OC)n1. The standard InChI is InChI=1S/C20H31N3O4/c1-26-18-10-9-15(19(22-18)27-2)12-21-16(13-24)20(25)23-11-5-7-14-6-3-4-8-17(14)23/h9-10,14,16-17,21,24H,3-8,11-13H2,1-2H3/t14-,16-,17+/m1/s1. The second-order valence-corrected chi connectivity index (χ2v) is 7.42. The summed E-state index contributed by atoms with van der Waals surface area (Å²) in [5.74, 6) is 1.56. The van der Waals surface area contributed by atoms with Crippen LogP contribution in [-0.4, -0.2) is 60.4 Å². The zero-order chi connectivity index (χ0) is 19.2. The number of ether oxygens (including phenoxy) is 2. The van der Waals surface area contributed by atoms with Gasteiger partial charge in [-0.25, -0.2) is 0 Å². The Bertz CT molecular complexity index is 638. The average Bonchev–Trinajstić information content (AvgIpc) is 2.73. The Kier molecular flexibility index (Phi) is 6.90. The van der Waals surface area contributed by atoms with E-state index in [-0.39, 0.29) is 12.5 Å². The van der Waals surface area contributed by atoms with Gasteiger partial charge in [0.2, 0.25) is 17.7 Å². The van der Waals surface area contributed by atoms with Gasteiger partial charge < -0.3 is 19.5 Å². The maximum Gasteiger partial charge on any atom is 0.242 e. The summed E-state index contributed by atoms with van der Waals surface area (Å²) in [6.45, 7) is 0.962. The van der Waals surface area contributed by atoms with Crippen LogP contribution in [0.2, 0.25) is 0 Å². The average molecular weight is 377 g/mol. The van der Waals surface area contributed by atoms with Gasteiger partial charge in [-0.05, 0) is 37.7 Å². The molecule has 0 bridgehead atoms. The monoisotopic (exact) mass is 377 g/mol. The number of likely N-dealkylation sites (tertiary alicyclic amines) is 1. The normalized spacial score (nSPS) is 23.4. The number of nitrogens with zero attached hydrogens (tertiary/aromatic N) is 2. The molecule has 2 aliphatic rings. The lowest BCUT2D eigenvalue weighted by Gasteiger charge is -2.45. The Morgan fingerprint density at radius 1 is 1.26 bits per heavy atom. The highest BCUT2D eigenvalue weighted by Crippen LogP contribution is 2.35. The fraction of sp³-hybridized carbons (Fsp3) is 0.700. The van der Waals surface area contributed by atoms with E-state index in [4.69, 9.17) is 9.47 Å². The molecule has 0 aromatic carbocycles. The van der Waals surface area contributed by atoms with Crippen LogP contribution in [0, 0.1) is 5.92 Å². The van der Waals surface area contributed by atoms with Gasteiger partial charge >= 0.3 is 0 Å². The van der Waals surface area contributed by atoms with Crippen LogP contribution in [0.4, 0.5) is 0 Å². The maximum absolute atomic E-state index is 13.1. The minimum atomic E-state index is -0.613. The van der Waals surface area contributed by atoms with E-state index in [1.54, 1.807) is 20.3 Å². The molecule has 0 unspecified atom stereocenters. The molecule has 2 N–H and O–H groups in total. The van der Waals surface area contributed by atoms with Crippen molar-refractivity contribution in [1.29, 1.82) is 0 Å². The van der Waals surface area contributed by atoms with E-state index < -0.39 is 6.04 Å². The Morgan fingerprint density at radius 3 is 2.78 bits per heavy atom. The molecular weight excluding hydrogens is 346 g/mol. The van der Waals surface area contributed by atoms with Crippen LogP contribution in [0.25, 0.3) is 0 Å². The molecule has 1 aromatic rings. The number of piperidine rings is 1. The molecule has 1 aliphatic heterocycles. The highest BCUT2D eigenvalue weighted by atomic mass is 16.5. The van der Waals surface area contributed by atoms with Gasteiger partial charge in [0.1, 0.15) is 6.04 Å². The van der Waals surface area contributed by atoms with Crippen LogP contribution in [0.15, 0.2) is 12.1 Å². The summed E-state index contributed by atoms with van der Waals surface area (Å²) in [7, 11) is 3.11. The number of pyridine rings is 1. The second kappa shape index (κ2) is 9.37. The van der Waals surface area contributed by atoms with Gasteiger partial charge in [-0.1, -0.05) is 12.8 Å². The molecule has 1 aromatic heterocycles. The molecule has 7 nitrogen and oxygen atoms in total. The van der Waals surface area contributed by atoms with E-state index in [1.807, 2.05) is 11.0 Å². The number of nitrogens with one attached hydrogen (secondary N) is 1. The van der Waals surface area contributed by atoms with E-state index in [2.05, 4.69) is 10.3 Å². The van der Waals surface area contributed by atoms with Gasteiger partial charge in [-0.3, -0.25) is 10.1 Å². The number of aliphatic hydroxyl groups is 1. The number of amides is 1. The number of methoxy groups -OCH3 is 2. The topological polar surface area (TPSA) is 83.9 Å². The predicted molar refractivity (Wildman–Crippen MR) is 102 cm³/mol. The van der Waals surface area contributed by atoms with Gasteiger partial charge in [0.15, 0.2) is 0 Å². The molecule has 150 valence electrons. The fourth-order valence-electron chi connectivity index (χ4n) is 4.44. The lowest BCUT2D eigenvalue weighted by Crippen LogP contribution is -2.56. The molecule has 3 rings (SSSR count). The molecule has 2 fully saturated rings. The largest absolute Gasteiger partial charge is 0.481 e. The summed E-state index contributed by atoms with van der Waals surface area (Å²) in [5, 5.41) is 13.0. The lowest BCUT2D eigenvalue weighted by molar-refractivity contribution is -0.141. The summed E-state index contributed by atoms with van der Waals surface area (Å²) in [6.07, 6.45) is 7.05. The smallest absolute Gasteiger partial charge is 0.242 e. The van der Waals surface area contributed by atoms with Crippen molar-refractivity contribution in [3.8, 4) is 11.8 Å². The van der Waals surface area contributed by atoms with Crippen LogP contribution >= 0.6 is 0 Å². The van der Waals surface area contributed by atoms with Crippen molar-refractivity contribution in [2.24, 2.45) is 5.92 Å². The molecule has 3 atom stereocenters. The predicted octanol–water partition coefficient (Wildman–Crippen LogP) is 1.73. The van der Waals surface area contributed by atoms with Crippen molar-refractivity contribution < 1.29 is 19.4 Å². The maximum atomic E-state index is 13.1. The van der Waals surface area contributed by atoms with Gasteiger partial charge in [0.25, 0.3) is 0 Å². The van der Waals surface area contributed by atoms with Gasteiger partial charge in [0, 0.05) is 30.8 Å². The summed E-state index contributed by atoms with van der Waals surface area (Å²) >= 11 is 0. The van der Waals surface area contributed by atoms with Crippen molar-refractivity contribution in [3.63, 3.8) is 0 Å². The fourth-order valence-corrected chi connectivity index (χ4v) is 4.44. The van der Waals surface area contributed by atoms with Crippen LogP contribution < -0.4 is 14.8 Å². The minimum absolute atomic E-state index is 0.00883. The van der Waals surface area contributed by atoms with Gasteiger partial charge in [-0.2, -0.15) is 4.98 Å². The quantitative estimate of drug-likeness (QED) is 0.753. The van der Waals surface area contributed by atoms with Crippen molar-refractivity contribution in [2.45, 2.75) is 57.2 Å². The van der Waals surface area contributed by atoms with Crippen LogP contribution in [0.1, 0.15) is 44.1 Å². The number of carbonyl (C=O) groups is 1. The number of aromatic nitrogens is 1. The third kappa shape index (κ3) is 4.52. The van der Waals surface area contributed by atoms with E-state index in [9.17, 15) is 9.90 Å². The molecule has 1 saturated carbocycles. The first-order chi connectivity index (χ1) is 13.2. The number of fused-ring (bicyclic) bond motifs is 1. The molecule has 0 radical (unpaired) electrons. The van der Waals surface area contributed by atoms with E-state index in [0.29, 0.717) is 30.3 Å². The first-order valence-electron chi connectivity index (χ1n) is 9.90. The minimum Gasteiger partial charge on any atom is -0.481 e. The van der Waals surface area contributed by atoms with Crippen LogP contribution in [-0.2, 0) is 11.3 Å². The Morgan fingerprint density at radius 2 is 2.04 bits per heavy atom. The Labute approximate surface area is 161 Å². The summed E-state index contributed by atoms with van der Waals surface area (Å²) in [4.78, 5) is 19.4. The lowest BCUT2D eigenvalue weighted by atomic mass is 9.78. The number of rotatable bonds is 7. The first kappa shape index (κ1) is 19.9. The number of aliphatic hydroxyl groups excluding tert-OH is 1. The molecule has 1 saturated heterocycles. The third-order valence-electron chi connectivity index (χ3n) is 5.86. The van der Waals surface area contributed by atoms with Crippen LogP contribution in [0.5, 0.6) is 11.8 Å². The van der Waals surface area contributed by atoms with Crippen molar-refractivity contribution >= 4 is 5.91 Å². The molecular formula is C20H31N3O4. The molecule has 2 heterocycles. The zero-order valence-corrected chi connectivity index (χ0v) is 16.3. The van der Waals surface area contributed by atoms with Crippen molar-refractivity contribution in [3.05, 3.63) is 17.7 Å². The van der Waals surface area contributed by atoms with E-state index in [0.717, 1.165) is 24.9 Å². The molecule has 7 heteroatoms. The molecule has 0 spiro atoms. The van der Waals surface area contributed by atoms with E-state index in [1.165, 1.54) is 25.7 Å². The van der Waals surface area contributed by atoms with Gasteiger partial charge in [-0.15, -0.1) is 0 Å². The van der Waals surface area contributed by atoms with Gasteiger partial charge in [0.05, 0.1) is 20.8 Å². The Balaban J connectivity index is 1.65. The van der Waals surface area contributed by atoms with Crippen LogP contribution in [0.3, 0.4) is 0 Å². The molecule has 1 aliphatic carbocycles. The second-order valence-electron chi connectivity index (χ2n) is 7.42. The summed E-state index contributed by atoms with van der Waals surface area (Å²) < 4.78 is 10.4. The van der Waals surface area contributed by atoms with E-state index >= 15 is 0 Å². The number of hydrogen-bond donors (Lipinski definition) is 2. The van der Waals surface area contributed by atoms with Crippen molar-refractivity contribution in [2.75, 3.05) is 27.4 Å². The summed E-state index contributed by atoms with van der Waals surface area (Å²) in [5.41, 5.74) is 0.818. The Hall–Kier alpha value is -1.86. The number of hydrogen-bond acceptors (Lipinski definition) is 6. The molecule has 1 amide bonds. The first-order valence-corrected chi connectivity index (χ1v) is 9.90. The highest BCUT2D eigenvalue weighted by Gasteiger charge is 2.37. The zero-order valence-electron chi connectivity index (χ0n) is 16.3. The van der Waals surface area contributed by atoms with Crippen molar-refractivity contribution in [1.82, 2.24) is 15.2 Å². The number of carbonyl (C=O) groups excluding carboxylic acids is 1. The highest BCUT2D eigenvalue weighted by molar-refractivity contribution is 5.82. The molecule has 27 heavy (non-hydrogen) atoms.